The zero-order valence-corrected chi connectivity index (χ0v) is 27.4. The van der Waals surface area contributed by atoms with Gasteiger partial charge in [0.15, 0.2) is 5.78 Å². The van der Waals surface area contributed by atoms with Gasteiger partial charge in [0.1, 0.15) is 11.8 Å². The van der Waals surface area contributed by atoms with Crippen molar-refractivity contribution in [1.29, 1.82) is 0 Å². The van der Waals surface area contributed by atoms with Crippen molar-refractivity contribution < 1.29 is 23.9 Å². The fourth-order valence-electron chi connectivity index (χ4n) is 5.30. The standard InChI is InChI=1S/C41H39N3O5/c1-48-41(47)38(43-37-18-9-8-17-36(37)40(46)34-15-6-3-7-16-34)28-31-19-22-35(23-20-31)49-27-11-26-44(30-33-12-4-2-5-13-33)39(45)24-21-32-14-10-25-42-29-32/h2-10,12-25,29,38,43H,11,26-28,30H2,1H3. The second-order valence-corrected chi connectivity index (χ2v) is 11.4. The van der Waals surface area contributed by atoms with Crippen LogP contribution < -0.4 is 10.1 Å². The molecule has 5 rings (SSSR count). The lowest BCUT2D eigenvalue weighted by Gasteiger charge is -2.22. The molecule has 1 unspecified atom stereocenters. The molecule has 1 aromatic heterocycles. The zero-order valence-electron chi connectivity index (χ0n) is 27.4. The molecule has 0 aliphatic rings. The average molecular weight is 654 g/mol. The van der Waals surface area contributed by atoms with Gasteiger partial charge in [-0.2, -0.15) is 0 Å². The van der Waals surface area contributed by atoms with Gasteiger partial charge in [0.25, 0.3) is 0 Å². The molecular formula is C41H39N3O5. The number of rotatable bonds is 16. The molecule has 0 saturated carbocycles. The highest BCUT2D eigenvalue weighted by Crippen LogP contribution is 2.22. The molecule has 0 spiro atoms. The molecule has 49 heavy (non-hydrogen) atoms. The molecule has 1 atom stereocenters. The van der Waals surface area contributed by atoms with Crippen LogP contribution in [0.1, 0.15) is 39.0 Å². The minimum absolute atomic E-state index is 0.0853. The van der Waals surface area contributed by atoms with E-state index in [9.17, 15) is 14.4 Å². The smallest absolute Gasteiger partial charge is 0.328 e. The van der Waals surface area contributed by atoms with Gasteiger partial charge in [0, 0.05) is 54.8 Å². The van der Waals surface area contributed by atoms with E-state index < -0.39 is 12.0 Å². The molecule has 0 aliphatic carbocycles. The predicted octanol–water partition coefficient (Wildman–Crippen LogP) is 7.02. The second kappa shape index (κ2) is 17.8. The molecule has 0 fully saturated rings. The molecule has 248 valence electrons. The van der Waals surface area contributed by atoms with Gasteiger partial charge in [-0.25, -0.2) is 4.79 Å². The number of benzene rings is 4. The lowest BCUT2D eigenvalue weighted by molar-refractivity contribution is -0.141. The summed E-state index contributed by atoms with van der Waals surface area (Å²) in [4.78, 5) is 45.1. The van der Waals surface area contributed by atoms with Crippen LogP contribution in [0.5, 0.6) is 5.75 Å². The van der Waals surface area contributed by atoms with Crippen molar-refractivity contribution in [3.8, 4) is 5.75 Å². The van der Waals surface area contributed by atoms with Crippen molar-refractivity contribution >= 4 is 29.4 Å². The lowest BCUT2D eigenvalue weighted by atomic mass is 10.00. The first-order chi connectivity index (χ1) is 24.0. The Hall–Kier alpha value is -6.02. The summed E-state index contributed by atoms with van der Waals surface area (Å²) in [6.45, 7) is 1.43. The number of hydrogen-bond donors (Lipinski definition) is 1. The normalized spacial score (nSPS) is 11.4. The van der Waals surface area contributed by atoms with Crippen LogP contribution in [0.4, 0.5) is 5.69 Å². The first-order valence-corrected chi connectivity index (χ1v) is 16.2. The van der Waals surface area contributed by atoms with Crippen LogP contribution in [-0.4, -0.2) is 53.8 Å². The predicted molar refractivity (Wildman–Crippen MR) is 191 cm³/mol. The highest BCUT2D eigenvalue weighted by Gasteiger charge is 2.23. The van der Waals surface area contributed by atoms with Crippen molar-refractivity contribution in [3.05, 3.63) is 168 Å². The molecular weight excluding hydrogens is 614 g/mol. The molecule has 1 heterocycles. The summed E-state index contributed by atoms with van der Waals surface area (Å²) in [6, 6.07) is 36.6. The second-order valence-electron chi connectivity index (χ2n) is 11.4. The number of esters is 1. The number of amides is 1. The van der Waals surface area contributed by atoms with E-state index in [1.165, 1.54) is 7.11 Å². The summed E-state index contributed by atoms with van der Waals surface area (Å²) in [7, 11) is 1.35. The third kappa shape index (κ3) is 10.2. The van der Waals surface area contributed by atoms with Crippen LogP contribution in [0.15, 0.2) is 140 Å². The van der Waals surface area contributed by atoms with Crippen LogP contribution in [0, 0.1) is 0 Å². The number of hydrogen-bond acceptors (Lipinski definition) is 7. The number of aromatic nitrogens is 1. The Morgan fingerprint density at radius 2 is 1.53 bits per heavy atom. The minimum Gasteiger partial charge on any atom is -0.494 e. The molecule has 0 aliphatic heterocycles. The van der Waals surface area contributed by atoms with Gasteiger partial charge in [-0.15, -0.1) is 0 Å². The Balaban J connectivity index is 1.17. The summed E-state index contributed by atoms with van der Waals surface area (Å²) in [5.74, 6) is 0.0233. The lowest BCUT2D eigenvalue weighted by Crippen LogP contribution is -2.33. The summed E-state index contributed by atoms with van der Waals surface area (Å²) in [5.41, 5.74) is 4.39. The van der Waals surface area contributed by atoms with Crippen molar-refractivity contribution in [1.82, 2.24) is 9.88 Å². The molecule has 0 saturated heterocycles. The number of carbonyl (C=O) groups is 3. The quantitative estimate of drug-likeness (QED) is 0.0529. The number of anilines is 1. The fourth-order valence-corrected chi connectivity index (χ4v) is 5.30. The van der Waals surface area contributed by atoms with Gasteiger partial charge >= 0.3 is 5.97 Å². The van der Waals surface area contributed by atoms with Gasteiger partial charge in [-0.05, 0) is 59.5 Å². The number of ether oxygens (including phenoxy) is 2. The van der Waals surface area contributed by atoms with Crippen molar-refractivity contribution in [2.24, 2.45) is 0 Å². The monoisotopic (exact) mass is 653 g/mol. The van der Waals surface area contributed by atoms with Gasteiger partial charge in [0.05, 0.1) is 13.7 Å². The molecule has 4 aromatic carbocycles. The number of ketones is 1. The van der Waals surface area contributed by atoms with E-state index in [2.05, 4.69) is 10.3 Å². The van der Waals surface area contributed by atoms with Crippen LogP contribution in [0.2, 0.25) is 0 Å². The molecule has 0 radical (unpaired) electrons. The van der Waals surface area contributed by atoms with Crippen molar-refractivity contribution in [2.45, 2.75) is 25.4 Å². The van der Waals surface area contributed by atoms with E-state index >= 15 is 0 Å². The van der Waals surface area contributed by atoms with Crippen LogP contribution in [0.25, 0.3) is 6.08 Å². The van der Waals surface area contributed by atoms with Crippen LogP contribution >= 0.6 is 0 Å². The summed E-state index contributed by atoms with van der Waals surface area (Å²) in [6.07, 6.45) is 7.74. The van der Waals surface area contributed by atoms with E-state index in [4.69, 9.17) is 9.47 Å². The zero-order chi connectivity index (χ0) is 34.3. The Morgan fingerprint density at radius 3 is 2.24 bits per heavy atom. The van der Waals surface area contributed by atoms with Crippen LogP contribution in [-0.2, 0) is 27.3 Å². The first-order valence-electron chi connectivity index (χ1n) is 16.2. The van der Waals surface area contributed by atoms with Gasteiger partial charge in [-0.3, -0.25) is 14.6 Å². The Bertz CT molecular complexity index is 1830. The van der Waals surface area contributed by atoms with Gasteiger partial charge in [-0.1, -0.05) is 91.0 Å². The highest BCUT2D eigenvalue weighted by atomic mass is 16.5. The molecule has 8 heteroatoms. The van der Waals surface area contributed by atoms with Crippen molar-refractivity contribution in [2.75, 3.05) is 25.6 Å². The van der Waals surface area contributed by atoms with Gasteiger partial charge < -0.3 is 19.7 Å². The Morgan fingerprint density at radius 1 is 0.816 bits per heavy atom. The third-order valence-corrected chi connectivity index (χ3v) is 7.86. The van der Waals surface area contributed by atoms with E-state index in [1.807, 2.05) is 91.0 Å². The summed E-state index contributed by atoms with van der Waals surface area (Å²) < 4.78 is 11.1. The van der Waals surface area contributed by atoms with E-state index in [1.54, 1.807) is 59.8 Å². The number of para-hydroxylation sites is 1. The number of methoxy groups -OCH3 is 1. The summed E-state index contributed by atoms with van der Waals surface area (Å²) >= 11 is 0. The first kappa shape index (κ1) is 34.3. The van der Waals surface area contributed by atoms with Crippen molar-refractivity contribution in [3.63, 3.8) is 0 Å². The number of pyridine rings is 1. The fraction of sp³-hybridized carbons (Fsp3) is 0.171. The Kier molecular flexibility index (Phi) is 12.4. The largest absolute Gasteiger partial charge is 0.494 e. The van der Waals surface area contributed by atoms with E-state index in [-0.39, 0.29) is 11.7 Å². The number of carbonyl (C=O) groups excluding carboxylic acids is 3. The number of nitrogens with zero attached hydrogens (tertiary/aromatic N) is 2. The molecule has 1 amide bonds. The van der Waals surface area contributed by atoms with E-state index in [0.717, 1.165) is 16.7 Å². The molecule has 5 aromatic rings. The average Bonchev–Trinajstić information content (AvgIpc) is 3.16. The maximum atomic E-state index is 13.2. The third-order valence-electron chi connectivity index (χ3n) is 7.86. The summed E-state index contributed by atoms with van der Waals surface area (Å²) in [5, 5.41) is 3.24. The number of nitrogens with one attached hydrogen (secondary N) is 1. The van der Waals surface area contributed by atoms with E-state index in [0.29, 0.717) is 55.1 Å². The topological polar surface area (TPSA) is 97.8 Å². The van der Waals surface area contributed by atoms with Gasteiger partial charge in [0.2, 0.25) is 5.91 Å². The SMILES string of the molecule is COC(=O)C(Cc1ccc(OCCCN(Cc2ccccc2)C(=O)C=Cc2cccnc2)cc1)Nc1ccccc1C(=O)c1ccccc1. The Labute approximate surface area is 287 Å². The minimum atomic E-state index is -0.721. The molecule has 0 bridgehead atoms. The maximum Gasteiger partial charge on any atom is 0.328 e. The highest BCUT2D eigenvalue weighted by molar-refractivity contribution is 6.12. The van der Waals surface area contributed by atoms with Crippen LogP contribution in [0.3, 0.4) is 0 Å². The molecule has 1 N–H and O–H groups in total. The molecule has 8 nitrogen and oxygen atoms in total. The maximum absolute atomic E-state index is 13.2.